The average Bonchev–Trinajstić information content (AvgIpc) is 2.85. The highest BCUT2D eigenvalue weighted by molar-refractivity contribution is 5.88. The molecule has 0 heterocycles. The molecule has 3 aromatic rings. The van der Waals surface area contributed by atoms with Crippen LogP contribution in [0.25, 0.3) is 0 Å². The number of nitrogens with zero attached hydrogens (tertiary/aromatic N) is 1. The summed E-state index contributed by atoms with van der Waals surface area (Å²) < 4.78 is 5.38. The lowest BCUT2D eigenvalue weighted by Crippen LogP contribution is -2.51. The fourth-order valence-corrected chi connectivity index (χ4v) is 3.94. The zero-order chi connectivity index (χ0) is 24.3. The second kappa shape index (κ2) is 12.6. The van der Waals surface area contributed by atoms with Crippen molar-refractivity contribution in [3.05, 3.63) is 102 Å². The highest BCUT2D eigenvalue weighted by Crippen LogP contribution is 2.20. The van der Waals surface area contributed by atoms with E-state index >= 15 is 0 Å². The SMILES string of the molecule is COc1cccc(CN(C(=O)CCc2ccccc2)[C@H](Cc2ccccc2)C(=O)NC(C)C)c1. The van der Waals surface area contributed by atoms with Gasteiger partial charge in [0, 0.05) is 25.4 Å². The van der Waals surface area contributed by atoms with E-state index in [4.69, 9.17) is 4.74 Å². The van der Waals surface area contributed by atoms with E-state index in [-0.39, 0.29) is 17.9 Å². The van der Waals surface area contributed by atoms with Crippen molar-refractivity contribution in [2.24, 2.45) is 0 Å². The fourth-order valence-electron chi connectivity index (χ4n) is 3.94. The Hall–Kier alpha value is -3.60. The van der Waals surface area contributed by atoms with Crippen molar-refractivity contribution < 1.29 is 14.3 Å². The summed E-state index contributed by atoms with van der Waals surface area (Å²) in [5, 5.41) is 3.02. The second-order valence-electron chi connectivity index (χ2n) is 8.73. The van der Waals surface area contributed by atoms with Gasteiger partial charge in [0.1, 0.15) is 11.8 Å². The first-order valence-corrected chi connectivity index (χ1v) is 11.8. The van der Waals surface area contributed by atoms with Gasteiger partial charge in [-0.15, -0.1) is 0 Å². The average molecular weight is 459 g/mol. The molecule has 0 saturated heterocycles. The molecule has 0 spiro atoms. The number of aryl methyl sites for hydroxylation is 1. The Labute approximate surface area is 202 Å². The van der Waals surface area contributed by atoms with E-state index in [0.717, 1.165) is 22.4 Å². The Balaban J connectivity index is 1.91. The Bertz CT molecular complexity index is 1050. The largest absolute Gasteiger partial charge is 0.497 e. The molecule has 3 rings (SSSR count). The van der Waals surface area contributed by atoms with Gasteiger partial charge in [0.25, 0.3) is 0 Å². The molecule has 0 radical (unpaired) electrons. The van der Waals surface area contributed by atoms with Gasteiger partial charge in [-0.2, -0.15) is 0 Å². The molecule has 5 nitrogen and oxygen atoms in total. The van der Waals surface area contributed by atoms with Crippen LogP contribution < -0.4 is 10.1 Å². The fraction of sp³-hybridized carbons (Fsp3) is 0.310. The van der Waals surface area contributed by atoms with Gasteiger partial charge in [-0.1, -0.05) is 72.8 Å². The zero-order valence-electron chi connectivity index (χ0n) is 20.2. The molecule has 3 aromatic carbocycles. The number of methoxy groups -OCH3 is 1. The molecule has 5 heteroatoms. The van der Waals surface area contributed by atoms with Crippen molar-refractivity contribution >= 4 is 11.8 Å². The molecule has 0 saturated carbocycles. The van der Waals surface area contributed by atoms with E-state index in [1.807, 2.05) is 98.8 Å². The minimum absolute atomic E-state index is 0.0242. The number of hydrogen-bond donors (Lipinski definition) is 1. The summed E-state index contributed by atoms with van der Waals surface area (Å²) in [4.78, 5) is 28.7. The van der Waals surface area contributed by atoms with Gasteiger partial charge in [-0.05, 0) is 49.1 Å². The van der Waals surface area contributed by atoms with Crippen LogP contribution in [-0.4, -0.2) is 35.9 Å². The molecule has 0 aliphatic carbocycles. The highest BCUT2D eigenvalue weighted by Gasteiger charge is 2.30. The summed E-state index contributed by atoms with van der Waals surface area (Å²) in [5.41, 5.74) is 3.03. The summed E-state index contributed by atoms with van der Waals surface area (Å²) in [7, 11) is 1.62. The molecule has 0 aromatic heterocycles. The van der Waals surface area contributed by atoms with Gasteiger partial charge >= 0.3 is 0 Å². The summed E-state index contributed by atoms with van der Waals surface area (Å²) in [6, 6.07) is 26.8. The number of carbonyl (C=O) groups is 2. The summed E-state index contributed by atoms with van der Waals surface area (Å²) in [6.45, 7) is 4.19. The van der Waals surface area contributed by atoms with Crippen LogP contribution in [0.5, 0.6) is 5.75 Å². The van der Waals surface area contributed by atoms with Gasteiger partial charge in [-0.25, -0.2) is 0 Å². The van der Waals surface area contributed by atoms with Gasteiger partial charge in [0.05, 0.1) is 7.11 Å². The van der Waals surface area contributed by atoms with E-state index < -0.39 is 6.04 Å². The predicted octanol–water partition coefficient (Wildman–Crippen LogP) is 4.79. The molecule has 0 unspecified atom stereocenters. The van der Waals surface area contributed by atoms with Crippen LogP contribution >= 0.6 is 0 Å². The summed E-state index contributed by atoms with van der Waals surface area (Å²) in [6.07, 6.45) is 1.40. The van der Waals surface area contributed by atoms with Crippen molar-refractivity contribution in [1.29, 1.82) is 0 Å². The molecular formula is C29H34N2O3. The topological polar surface area (TPSA) is 58.6 Å². The van der Waals surface area contributed by atoms with Gasteiger partial charge in [0.2, 0.25) is 11.8 Å². The minimum atomic E-state index is -0.626. The maximum absolute atomic E-state index is 13.6. The van der Waals surface area contributed by atoms with E-state index in [1.54, 1.807) is 12.0 Å². The van der Waals surface area contributed by atoms with Crippen LogP contribution in [0.3, 0.4) is 0 Å². The monoisotopic (exact) mass is 458 g/mol. The number of ether oxygens (including phenoxy) is 1. The van der Waals surface area contributed by atoms with E-state index in [0.29, 0.717) is 25.8 Å². The molecule has 34 heavy (non-hydrogen) atoms. The van der Waals surface area contributed by atoms with Crippen LogP contribution in [0, 0.1) is 0 Å². The Morgan fingerprint density at radius 2 is 1.47 bits per heavy atom. The standard InChI is InChI=1S/C29H34N2O3/c1-22(2)30-29(33)27(20-24-13-8-5-9-14-24)31(21-25-15-10-16-26(19-25)34-3)28(32)18-17-23-11-6-4-7-12-23/h4-16,19,22,27H,17-18,20-21H2,1-3H3,(H,30,33)/t27-/m1/s1. The highest BCUT2D eigenvalue weighted by atomic mass is 16.5. The van der Waals surface area contributed by atoms with Crippen molar-refractivity contribution in [3.63, 3.8) is 0 Å². The number of amides is 2. The quantitative estimate of drug-likeness (QED) is 0.449. The smallest absolute Gasteiger partial charge is 0.243 e. The summed E-state index contributed by atoms with van der Waals surface area (Å²) in [5.74, 6) is 0.529. The third kappa shape index (κ3) is 7.48. The normalized spacial score (nSPS) is 11.6. The first-order chi connectivity index (χ1) is 16.5. The van der Waals surface area contributed by atoms with E-state index in [9.17, 15) is 9.59 Å². The molecule has 2 amide bonds. The molecule has 0 aliphatic rings. The molecule has 178 valence electrons. The van der Waals surface area contributed by atoms with Crippen molar-refractivity contribution in [3.8, 4) is 5.75 Å². The Morgan fingerprint density at radius 3 is 2.09 bits per heavy atom. The molecule has 1 atom stereocenters. The van der Waals surface area contributed by atoms with Gasteiger partial charge in [0.15, 0.2) is 0 Å². The van der Waals surface area contributed by atoms with Crippen molar-refractivity contribution in [1.82, 2.24) is 10.2 Å². The van der Waals surface area contributed by atoms with Crippen LogP contribution in [0.4, 0.5) is 0 Å². The maximum atomic E-state index is 13.6. The lowest BCUT2D eigenvalue weighted by atomic mass is 10.0. The van der Waals surface area contributed by atoms with Crippen molar-refractivity contribution in [2.75, 3.05) is 7.11 Å². The first kappa shape index (κ1) is 25.0. The molecule has 0 bridgehead atoms. The number of rotatable bonds is 11. The van der Waals surface area contributed by atoms with E-state index in [2.05, 4.69) is 5.32 Å². The number of nitrogens with one attached hydrogen (secondary N) is 1. The van der Waals surface area contributed by atoms with Crippen LogP contribution in [0.2, 0.25) is 0 Å². The third-order valence-electron chi connectivity index (χ3n) is 5.66. The molecule has 0 aliphatic heterocycles. The number of carbonyl (C=O) groups excluding carboxylic acids is 2. The Kier molecular flexibility index (Phi) is 9.27. The first-order valence-electron chi connectivity index (χ1n) is 11.8. The van der Waals surface area contributed by atoms with Crippen LogP contribution in [0.1, 0.15) is 37.0 Å². The molecule has 1 N–H and O–H groups in total. The van der Waals surface area contributed by atoms with Crippen LogP contribution in [0.15, 0.2) is 84.9 Å². The lowest BCUT2D eigenvalue weighted by molar-refractivity contribution is -0.141. The number of benzene rings is 3. The molecule has 0 fully saturated rings. The summed E-state index contributed by atoms with van der Waals surface area (Å²) >= 11 is 0. The molecular weight excluding hydrogens is 424 g/mol. The van der Waals surface area contributed by atoms with Gasteiger partial charge < -0.3 is 15.0 Å². The Morgan fingerprint density at radius 1 is 0.853 bits per heavy atom. The minimum Gasteiger partial charge on any atom is -0.497 e. The second-order valence-corrected chi connectivity index (χ2v) is 8.73. The third-order valence-corrected chi connectivity index (χ3v) is 5.66. The van der Waals surface area contributed by atoms with Crippen molar-refractivity contribution in [2.45, 2.75) is 51.7 Å². The zero-order valence-corrected chi connectivity index (χ0v) is 20.2. The number of hydrogen-bond acceptors (Lipinski definition) is 3. The van der Waals surface area contributed by atoms with Crippen LogP contribution in [-0.2, 0) is 29.0 Å². The van der Waals surface area contributed by atoms with E-state index in [1.165, 1.54) is 0 Å². The lowest BCUT2D eigenvalue weighted by Gasteiger charge is -2.32. The predicted molar refractivity (Wildman–Crippen MR) is 136 cm³/mol. The maximum Gasteiger partial charge on any atom is 0.243 e. The van der Waals surface area contributed by atoms with Gasteiger partial charge in [-0.3, -0.25) is 9.59 Å².